The fourth-order valence-electron chi connectivity index (χ4n) is 3.33. The summed E-state index contributed by atoms with van der Waals surface area (Å²) in [7, 11) is 0. The van der Waals surface area contributed by atoms with Crippen LogP contribution in [0.1, 0.15) is 31.9 Å². The van der Waals surface area contributed by atoms with E-state index in [0.717, 1.165) is 11.3 Å². The Bertz CT molecular complexity index is 1030. The van der Waals surface area contributed by atoms with Crippen molar-refractivity contribution in [3.05, 3.63) is 65.4 Å². The van der Waals surface area contributed by atoms with E-state index in [2.05, 4.69) is 10.6 Å². The van der Waals surface area contributed by atoms with E-state index in [9.17, 15) is 14.4 Å². The van der Waals surface area contributed by atoms with Gasteiger partial charge in [-0.3, -0.25) is 19.3 Å². The van der Waals surface area contributed by atoms with Gasteiger partial charge in [-0.15, -0.1) is 0 Å². The zero-order valence-corrected chi connectivity index (χ0v) is 18.2. The van der Waals surface area contributed by atoms with E-state index < -0.39 is 0 Å². The smallest absolute Gasteiger partial charge is 0.278 e. The van der Waals surface area contributed by atoms with Crippen molar-refractivity contribution >= 4 is 34.7 Å². The molecular weight excluding hydrogens is 394 g/mol. The van der Waals surface area contributed by atoms with Gasteiger partial charge < -0.3 is 15.4 Å². The second-order valence-electron chi connectivity index (χ2n) is 7.68. The maximum atomic E-state index is 13.2. The molecule has 7 heteroatoms. The molecule has 0 bridgehead atoms. The molecule has 2 aromatic carbocycles. The number of carbonyl (C=O) groups is 3. The monoisotopic (exact) mass is 421 g/mol. The molecule has 0 aliphatic carbocycles. The largest absolute Gasteiger partial charge is 0.377 e. The Balaban J connectivity index is 1.95. The van der Waals surface area contributed by atoms with Crippen LogP contribution in [0.4, 0.5) is 11.4 Å². The predicted molar refractivity (Wildman–Crippen MR) is 120 cm³/mol. The molecule has 31 heavy (non-hydrogen) atoms. The first-order valence-electron chi connectivity index (χ1n) is 10.2. The van der Waals surface area contributed by atoms with Gasteiger partial charge >= 0.3 is 0 Å². The Kier molecular flexibility index (Phi) is 6.87. The molecule has 0 saturated carbocycles. The molecule has 1 aliphatic rings. The highest BCUT2D eigenvalue weighted by atomic mass is 16.5. The van der Waals surface area contributed by atoms with Crippen molar-refractivity contribution < 1.29 is 19.1 Å². The summed E-state index contributed by atoms with van der Waals surface area (Å²) < 4.78 is 5.54. The van der Waals surface area contributed by atoms with Crippen molar-refractivity contribution in [1.29, 1.82) is 0 Å². The lowest BCUT2D eigenvalue weighted by Gasteiger charge is -2.16. The van der Waals surface area contributed by atoms with E-state index in [1.54, 1.807) is 24.3 Å². The van der Waals surface area contributed by atoms with Crippen molar-refractivity contribution in [2.24, 2.45) is 0 Å². The Hall–Kier alpha value is -3.45. The molecule has 2 N–H and O–H groups in total. The van der Waals surface area contributed by atoms with Crippen molar-refractivity contribution in [3.8, 4) is 0 Å². The van der Waals surface area contributed by atoms with E-state index in [4.69, 9.17) is 4.74 Å². The number of rotatable bonds is 8. The minimum Gasteiger partial charge on any atom is -0.377 e. The molecule has 7 nitrogen and oxygen atoms in total. The molecule has 3 amide bonds. The lowest BCUT2D eigenvalue weighted by Crippen LogP contribution is -2.35. The Morgan fingerprint density at radius 2 is 1.74 bits per heavy atom. The molecule has 2 aromatic rings. The van der Waals surface area contributed by atoms with Crippen molar-refractivity contribution in [3.63, 3.8) is 0 Å². The van der Waals surface area contributed by atoms with Crippen LogP contribution in [0.15, 0.2) is 54.2 Å². The first-order valence-corrected chi connectivity index (χ1v) is 10.2. The molecule has 3 rings (SSSR count). The third kappa shape index (κ3) is 5.38. The molecule has 1 aliphatic heterocycles. The van der Waals surface area contributed by atoms with Gasteiger partial charge in [-0.05, 0) is 56.2 Å². The number of benzene rings is 2. The van der Waals surface area contributed by atoms with Gasteiger partial charge in [-0.1, -0.05) is 24.3 Å². The van der Waals surface area contributed by atoms with E-state index in [0.29, 0.717) is 16.8 Å². The Morgan fingerprint density at radius 3 is 2.35 bits per heavy atom. The highest BCUT2D eigenvalue weighted by Gasteiger charge is 2.39. The van der Waals surface area contributed by atoms with Gasteiger partial charge in [0.2, 0.25) is 5.91 Å². The average Bonchev–Trinajstić information content (AvgIpc) is 2.92. The van der Waals surface area contributed by atoms with Crippen molar-refractivity contribution in [2.45, 2.75) is 33.8 Å². The van der Waals surface area contributed by atoms with E-state index in [1.807, 2.05) is 45.0 Å². The number of carbonyl (C=O) groups excluding carboxylic acids is 3. The standard InChI is InChI=1S/C24H27N3O4/c1-15(2)31-13-12-27-23(29)21(18-8-10-19(11-9-18)25-17(4)28)22(24(27)30)26-20-7-5-6-16(3)14-20/h5-11,14-15,26H,12-13H2,1-4H3,(H,25,28). The first kappa shape index (κ1) is 22.2. The van der Waals surface area contributed by atoms with Gasteiger partial charge in [-0.2, -0.15) is 0 Å². The third-order valence-electron chi connectivity index (χ3n) is 4.72. The number of amides is 3. The lowest BCUT2D eigenvalue weighted by atomic mass is 10.0. The SMILES string of the molecule is CC(=O)Nc1ccc(C2=C(Nc3cccc(C)c3)C(=O)N(CCOC(C)C)C2=O)cc1. The molecule has 0 atom stereocenters. The second kappa shape index (κ2) is 9.57. The molecule has 0 radical (unpaired) electrons. The van der Waals surface area contributed by atoms with Crippen LogP contribution in [0.25, 0.3) is 5.57 Å². The summed E-state index contributed by atoms with van der Waals surface area (Å²) >= 11 is 0. The van der Waals surface area contributed by atoms with Gasteiger partial charge in [0.05, 0.1) is 24.8 Å². The summed E-state index contributed by atoms with van der Waals surface area (Å²) in [4.78, 5) is 38.8. The second-order valence-corrected chi connectivity index (χ2v) is 7.68. The minimum absolute atomic E-state index is 0.00597. The molecule has 0 spiro atoms. The predicted octanol–water partition coefficient (Wildman–Crippen LogP) is 3.57. The number of anilines is 2. The van der Waals surface area contributed by atoms with Crippen LogP contribution in [0.3, 0.4) is 0 Å². The van der Waals surface area contributed by atoms with Crippen molar-refractivity contribution in [2.75, 3.05) is 23.8 Å². The summed E-state index contributed by atoms with van der Waals surface area (Å²) in [5.41, 5.74) is 3.49. The number of hydrogen-bond acceptors (Lipinski definition) is 5. The highest BCUT2D eigenvalue weighted by molar-refractivity contribution is 6.36. The first-order chi connectivity index (χ1) is 14.8. The molecule has 162 valence electrons. The van der Waals surface area contributed by atoms with Gasteiger partial charge in [0.25, 0.3) is 11.8 Å². The number of ether oxygens (including phenoxy) is 1. The normalized spacial score (nSPS) is 13.9. The van der Waals surface area contributed by atoms with Crippen LogP contribution in [-0.4, -0.2) is 41.9 Å². The van der Waals surface area contributed by atoms with Crippen LogP contribution in [0.2, 0.25) is 0 Å². The summed E-state index contributed by atoms with van der Waals surface area (Å²) in [5, 5.41) is 5.84. The summed E-state index contributed by atoms with van der Waals surface area (Å²) in [6.07, 6.45) is 0.00597. The summed E-state index contributed by atoms with van der Waals surface area (Å²) in [6.45, 7) is 7.62. The van der Waals surface area contributed by atoms with Gasteiger partial charge in [0.1, 0.15) is 5.70 Å². The minimum atomic E-state index is -0.389. The highest BCUT2D eigenvalue weighted by Crippen LogP contribution is 2.31. The van der Waals surface area contributed by atoms with Gasteiger partial charge in [-0.25, -0.2) is 0 Å². The maximum Gasteiger partial charge on any atom is 0.278 e. The van der Waals surface area contributed by atoms with Crippen LogP contribution >= 0.6 is 0 Å². The van der Waals surface area contributed by atoms with Gasteiger partial charge in [0.15, 0.2) is 0 Å². The number of hydrogen-bond donors (Lipinski definition) is 2. The van der Waals surface area contributed by atoms with E-state index >= 15 is 0 Å². The summed E-state index contributed by atoms with van der Waals surface area (Å²) in [5.74, 6) is -0.947. The summed E-state index contributed by atoms with van der Waals surface area (Å²) in [6, 6.07) is 14.4. The van der Waals surface area contributed by atoms with Crippen LogP contribution in [0, 0.1) is 6.92 Å². The number of aryl methyl sites for hydroxylation is 1. The maximum absolute atomic E-state index is 13.2. The zero-order chi connectivity index (χ0) is 22.5. The van der Waals surface area contributed by atoms with Crippen LogP contribution in [-0.2, 0) is 19.1 Å². The van der Waals surface area contributed by atoms with Gasteiger partial charge in [0, 0.05) is 18.3 Å². The molecule has 0 aromatic heterocycles. The Morgan fingerprint density at radius 1 is 1.03 bits per heavy atom. The molecule has 0 unspecified atom stereocenters. The number of nitrogens with one attached hydrogen (secondary N) is 2. The number of imide groups is 1. The fourth-order valence-corrected chi connectivity index (χ4v) is 3.33. The van der Waals surface area contributed by atoms with Crippen molar-refractivity contribution in [1.82, 2.24) is 4.90 Å². The van der Waals surface area contributed by atoms with E-state index in [1.165, 1.54) is 11.8 Å². The topological polar surface area (TPSA) is 87.7 Å². The molecule has 0 saturated heterocycles. The molecular formula is C24H27N3O4. The van der Waals surface area contributed by atoms with Crippen LogP contribution in [0.5, 0.6) is 0 Å². The van der Waals surface area contributed by atoms with E-state index in [-0.39, 0.29) is 42.7 Å². The molecule has 1 heterocycles. The van der Waals surface area contributed by atoms with Crippen LogP contribution < -0.4 is 10.6 Å². The molecule has 0 fully saturated rings. The Labute approximate surface area is 182 Å². The number of nitrogens with zero attached hydrogens (tertiary/aromatic N) is 1. The zero-order valence-electron chi connectivity index (χ0n) is 18.2. The fraction of sp³-hybridized carbons (Fsp3) is 0.292. The third-order valence-corrected chi connectivity index (χ3v) is 4.72. The quantitative estimate of drug-likeness (QED) is 0.636. The average molecular weight is 421 g/mol. The lowest BCUT2D eigenvalue weighted by molar-refractivity contribution is -0.138.